The minimum Gasteiger partial charge on any atom is -0.351 e. The van der Waals surface area contributed by atoms with Gasteiger partial charge in [-0.2, -0.15) is 23.5 Å². The number of aldehydes is 1. The Morgan fingerprint density at radius 1 is 0.844 bits per heavy atom. The first-order valence-corrected chi connectivity index (χ1v) is 25.5. The lowest BCUT2D eigenvalue weighted by Gasteiger charge is -2.37. The van der Waals surface area contributed by atoms with Crippen molar-refractivity contribution in [2.75, 3.05) is 58.3 Å². The van der Waals surface area contributed by atoms with Gasteiger partial charge in [0.05, 0.1) is 29.5 Å². The third kappa shape index (κ3) is 18.2. The molecule has 0 aliphatic carbocycles. The number of piperidine rings is 2. The molecule has 4 amide bonds. The first-order valence-electron chi connectivity index (χ1n) is 23.2. The van der Waals surface area contributed by atoms with Gasteiger partial charge < -0.3 is 36.3 Å². The molecule has 0 spiro atoms. The standard InChI is InChI=1S/C48H74N8O6S2/c1-7-35(4)44(53-45(60)41(49-5)17-16-34(2)3)47(62)52-42(46(61)51-37-18-23-56(24-19-37)29-40(58)28-36-12-9-8-10-13-36)32-64-31-39-15-11-14-38(50-39)30-63-27-20-43(59)54-48(33-57)21-25-55(6)26-22-48/h8-15,33-35,37,41-42,44,49H,7,16-32H2,1-6H3,(H,51,61)(H,52,62)(H,53,60)(H,54,59)/t35-,41-,42+,44-/m0/s1. The van der Waals surface area contributed by atoms with E-state index in [-0.39, 0.29) is 41.2 Å². The summed E-state index contributed by atoms with van der Waals surface area (Å²) in [4.78, 5) is 88.2. The quantitative estimate of drug-likeness (QED) is 0.0640. The molecule has 4 atom stereocenters. The second-order valence-electron chi connectivity index (χ2n) is 18.1. The second kappa shape index (κ2) is 27.6. The van der Waals surface area contributed by atoms with E-state index in [9.17, 15) is 28.8 Å². The van der Waals surface area contributed by atoms with Crippen LogP contribution < -0.4 is 26.6 Å². The molecule has 3 heterocycles. The van der Waals surface area contributed by atoms with Gasteiger partial charge in [0.15, 0.2) is 5.78 Å². The van der Waals surface area contributed by atoms with Gasteiger partial charge in [0, 0.05) is 68.1 Å². The predicted octanol–water partition coefficient (Wildman–Crippen LogP) is 4.15. The van der Waals surface area contributed by atoms with Gasteiger partial charge in [-0.05, 0) is 82.2 Å². The molecule has 354 valence electrons. The first kappa shape index (κ1) is 52.8. The molecule has 0 bridgehead atoms. The van der Waals surface area contributed by atoms with Crippen molar-refractivity contribution in [2.45, 2.75) is 127 Å². The average Bonchev–Trinajstić information content (AvgIpc) is 3.28. The van der Waals surface area contributed by atoms with E-state index >= 15 is 0 Å². The van der Waals surface area contributed by atoms with Gasteiger partial charge in [-0.15, -0.1) is 0 Å². The normalized spacial score (nSPS) is 17.7. The third-order valence-electron chi connectivity index (χ3n) is 12.3. The van der Waals surface area contributed by atoms with Gasteiger partial charge in [-0.3, -0.25) is 33.9 Å². The molecule has 14 nitrogen and oxygen atoms in total. The molecule has 64 heavy (non-hydrogen) atoms. The number of nitrogens with one attached hydrogen (secondary N) is 5. The molecule has 2 aromatic rings. The van der Waals surface area contributed by atoms with Crippen LogP contribution in [0.2, 0.25) is 0 Å². The summed E-state index contributed by atoms with van der Waals surface area (Å²) >= 11 is 3.11. The monoisotopic (exact) mass is 923 g/mol. The highest BCUT2D eigenvalue weighted by Gasteiger charge is 2.35. The number of thioether (sulfide) groups is 2. The minimum absolute atomic E-state index is 0.109. The van der Waals surface area contributed by atoms with E-state index in [0.29, 0.717) is 94.2 Å². The number of Topliss-reactive ketones (excluding diaryl/α,β-unsaturated/α-hetero) is 1. The number of amides is 4. The molecule has 0 unspecified atom stereocenters. The number of nitrogens with zero attached hydrogens (tertiary/aromatic N) is 3. The van der Waals surface area contributed by atoms with Crippen molar-refractivity contribution in [1.82, 2.24) is 41.4 Å². The Hall–Kier alpha value is -3.83. The van der Waals surface area contributed by atoms with Gasteiger partial charge in [-0.1, -0.05) is 70.5 Å². The summed E-state index contributed by atoms with van der Waals surface area (Å²) in [7, 11) is 3.77. The van der Waals surface area contributed by atoms with Crippen molar-refractivity contribution >= 4 is 59.2 Å². The van der Waals surface area contributed by atoms with Crippen molar-refractivity contribution in [3.8, 4) is 0 Å². The van der Waals surface area contributed by atoms with Gasteiger partial charge >= 0.3 is 0 Å². The number of benzene rings is 1. The van der Waals surface area contributed by atoms with E-state index in [2.05, 4.69) is 50.2 Å². The second-order valence-corrected chi connectivity index (χ2v) is 20.2. The zero-order valence-corrected chi connectivity index (χ0v) is 40.6. The van der Waals surface area contributed by atoms with Crippen LogP contribution in [0.4, 0.5) is 0 Å². The topological polar surface area (TPSA) is 182 Å². The molecule has 0 saturated carbocycles. The van der Waals surface area contributed by atoms with Crippen molar-refractivity contribution in [1.29, 1.82) is 0 Å². The van der Waals surface area contributed by atoms with Crippen LogP contribution in [0.25, 0.3) is 0 Å². The van der Waals surface area contributed by atoms with E-state index in [1.165, 1.54) is 11.8 Å². The average molecular weight is 923 g/mol. The van der Waals surface area contributed by atoms with E-state index < -0.39 is 29.6 Å². The molecule has 2 fully saturated rings. The fourth-order valence-corrected chi connectivity index (χ4v) is 9.72. The highest BCUT2D eigenvalue weighted by molar-refractivity contribution is 7.98. The predicted molar refractivity (Wildman–Crippen MR) is 258 cm³/mol. The van der Waals surface area contributed by atoms with E-state index in [4.69, 9.17) is 4.98 Å². The Kier molecular flexibility index (Phi) is 22.8. The zero-order valence-electron chi connectivity index (χ0n) is 39.0. The lowest BCUT2D eigenvalue weighted by Crippen LogP contribution is -2.59. The van der Waals surface area contributed by atoms with Crippen molar-refractivity contribution in [3.63, 3.8) is 0 Å². The highest BCUT2D eigenvalue weighted by Crippen LogP contribution is 2.21. The van der Waals surface area contributed by atoms with Crippen LogP contribution in [-0.4, -0.2) is 139 Å². The van der Waals surface area contributed by atoms with Gasteiger partial charge in [-0.25, -0.2) is 0 Å². The number of likely N-dealkylation sites (tertiary alicyclic amines) is 2. The third-order valence-corrected chi connectivity index (χ3v) is 14.4. The maximum absolute atomic E-state index is 14.1. The lowest BCUT2D eigenvalue weighted by molar-refractivity contribution is -0.133. The van der Waals surface area contributed by atoms with Gasteiger partial charge in [0.1, 0.15) is 18.4 Å². The molecule has 1 aromatic heterocycles. The molecule has 2 aliphatic heterocycles. The number of hydrogen-bond acceptors (Lipinski definition) is 12. The van der Waals surface area contributed by atoms with E-state index in [1.807, 2.05) is 69.4 Å². The SMILES string of the molecule is CC[C@H](C)[C@H](NC(=O)[C@H](CCC(C)C)NC)C(=O)N[C@H](CSCc1cccc(CSCCC(=O)NC2(C=O)CCN(C)CC2)n1)C(=O)NC1CCN(CC(=O)Cc2ccccc2)CC1. The number of ketones is 1. The first-order chi connectivity index (χ1) is 30.7. The summed E-state index contributed by atoms with van der Waals surface area (Å²) in [6.07, 6.45) is 6.35. The zero-order chi connectivity index (χ0) is 46.5. The Bertz CT molecular complexity index is 1790. The number of hydrogen-bond donors (Lipinski definition) is 5. The number of likely N-dealkylation sites (N-methyl/N-ethyl adjacent to an activating group) is 1. The van der Waals surface area contributed by atoms with Crippen LogP contribution >= 0.6 is 23.5 Å². The molecule has 2 aliphatic rings. The van der Waals surface area contributed by atoms with Crippen molar-refractivity contribution in [2.24, 2.45) is 11.8 Å². The van der Waals surface area contributed by atoms with Crippen LogP contribution in [0.3, 0.4) is 0 Å². The number of aromatic nitrogens is 1. The maximum Gasteiger partial charge on any atom is 0.243 e. The van der Waals surface area contributed by atoms with Crippen LogP contribution in [0, 0.1) is 11.8 Å². The molecule has 0 radical (unpaired) electrons. The number of carbonyl (C=O) groups is 6. The Morgan fingerprint density at radius 3 is 2.14 bits per heavy atom. The number of pyridine rings is 1. The van der Waals surface area contributed by atoms with Crippen molar-refractivity contribution < 1.29 is 28.8 Å². The molecule has 16 heteroatoms. The summed E-state index contributed by atoms with van der Waals surface area (Å²) in [5, 5.41) is 15.3. The lowest BCUT2D eigenvalue weighted by atomic mass is 9.89. The summed E-state index contributed by atoms with van der Waals surface area (Å²) < 4.78 is 0. The molecule has 4 rings (SSSR count). The van der Waals surface area contributed by atoms with Crippen LogP contribution in [0.15, 0.2) is 48.5 Å². The summed E-state index contributed by atoms with van der Waals surface area (Å²) in [6.45, 7) is 11.4. The molecular formula is C48H74N8O6S2. The maximum atomic E-state index is 14.1. The largest absolute Gasteiger partial charge is 0.351 e. The summed E-state index contributed by atoms with van der Waals surface area (Å²) in [5.74, 6) is 1.38. The molecule has 1 aromatic carbocycles. The summed E-state index contributed by atoms with van der Waals surface area (Å²) in [5.41, 5.74) is 1.93. The van der Waals surface area contributed by atoms with Crippen LogP contribution in [-0.2, 0) is 46.7 Å². The van der Waals surface area contributed by atoms with E-state index in [0.717, 1.165) is 42.7 Å². The van der Waals surface area contributed by atoms with Crippen LogP contribution in [0.1, 0.15) is 96.0 Å². The van der Waals surface area contributed by atoms with Crippen molar-refractivity contribution in [3.05, 3.63) is 65.5 Å². The molecular weight excluding hydrogens is 849 g/mol. The minimum atomic E-state index is -0.870. The van der Waals surface area contributed by atoms with Gasteiger partial charge in [0.2, 0.25) is 23.6 Å². The fourth-order valence-electron chi connectivity index (χ4n) is 7.92. The smallest absolute Gasteiger partial charge is 0.243 e. The fraction of sp³-hybridized carbons (Fsp3) is 0.646. The summed E-state index contributed by atoms with van der Waals surface area (Å²) in [6, 6.07) is 13.3. The molecule has 2 saturated heterocycles. The Morgan fingerprint density at radius 2 is 1.52 bits per heavy atom. The molecule has 5 N–H and O–H groups in total. The number of rotatable bonds is 27. The van der Waals surface area contributed by atoms with Gasteiger partial charge in [0.25, 0.3) is 0 Å². The number of carbonyl (C=O) groups excluding carboxylic acids is 6. The Balaban J connectivity index is 1.34. The highest BCUT2D eigenvalue weighted by atomic mass is 32.2. The van der Waals surface area contributed by atoms with Crippen LogP contribution in [0.5, 0.6) is 0 Å². The van der Waals surface area contributed by atoms with E-state index in [1.54, 1.807) is 18.8 Å². The Labute approximate surface area is 390 Å².